The van der Waals surface area contributed by atoms with Gasteiger partial charge in [0, 0.05) is 43.6 Å². The molecule has 3 rings (SSSR count). The van der Waals surface area contributed by atoms with Gasteiger partial charge in [-0.1, -0.05) is 18.2 Å². The van der Waals surface area contributed by atoms with Gasteiger partial charge in [-0.15, -0.1) is 0 Å². The van der Waals surface area contributed by atoms with Gasteiger partial charge in [0.25, 0.3) is 5.91 Å². The fourth-order valence-corrected chi connectivity index (χ4v) is 3.22. The molecule has 1 saturated heterocycles. The molecule has 3 amide bonds. The average molecular weight is 380 g/mol. The van der Waals surface area contributed by atoms with Crippen LogP contribution in [0.1, 0.15) is 36.2 Å². The Bertz CT molecular complexity index is 867. The summed E-state index contributed by atoms with van der Waals surface area (Å²) in [5.74, 6) is -0.739. The summed E-state index contributed by atoms with van der Waals surface area (Å²) in [6.45, 7) is 4.61. The van der Waals surface area contributed by atoms with Gasteiger partial charge in [-0.2, -0.15) is 0 Å². The van der Waals surface area contributed by atoms with Gasteiger partial charge in [0.1, 0.15) is 0 Å². The lowest BCUT2D eigenvalue weighted by atomic mass is 10.1. The molecule has 1 fully saturated rings. The first-order valence-corrected chi connectivity index (χ1v) is 9.32. The topological polar surface area (TPSA) is 91.4 Å². The Balaban J connectivity index is 1.62. The van der Waals surface area contributed by atoms with Crippen LogP contribution in [0.4, 0.5) is 5.69 Å². The molecule has 1 aromatic heterocycles. The molecule has 28 heavy (non-hydrogen) atoms. The second-order valence-electron chi connectivity index (χ2n) is 7.11. The second-order valence-corrected chi connectivity index (χ2v) is 7.11. The standard InChI is InChI=1S/C21H24N4O3/c1-14(2)25-13-17(10-19(25)26)20(27)23-12-15-6-3-4-8-18(15)24-21(28)16-7-5-9-22-11-16/h3-9,11,14,17H,10,12-13H2,1-2H3,(H,23,27)(H,24,28). The fraction of sp³-hybridized carbons (Fsp3) is 0.333. The lowest BCUT2D eigenvalue weighted by Gasteiger charge is -2.20. The molecule has 0 saturated carbocycles. The molecule has 7 nitrogen and oxygen atoms in total. The van der Waals surface area contributed by atoms with Gasteiger partial charge in [0.15, 0.2) is 0 Å². The zero-order chi connectivity index (χ0) is 20.1. The molecule has 0 bridgehead atoms. The zero-order valence-electron chi connectivity index (χ0n) is 16.0. The molecule has 7 heteroatoms. The number of likely N-dealkylation sites (tertiary alicyclic amines) is 1. The summed E-state index contributed by atoms with van der Waals surface area (Å²) in [5, 5.41) is 5.75. The molecular formula is C21H24N4O3. The van der Waals surface area contributed by atoms with E-state index in [1.807, 2.05) is 32.0 Å². The van der Waals surface area contributed by atoms with Crippen molar-refractivity contribution in [2.24, 2.45) is 5.92 Å². The minimum atomic E-state index is -0.341. The number of hydrogen-bond donors (Lipinski definition) is 2. The number of anilines is 1. The molecule has 1 aliphatic rings. The first-order valence-electron chi connectivity index (χ1n) is 9.32. The Morgan fingerprint density at radius 2 is 2.00 bits per heavy atom. The Kier molecular flexibility index (Phi) is 6.03. The van der Waals surface area contributed by atoms with E-state index in [0.717, 1.165) is 5.56 Å². The fourth-order valence-electron chi connectivity index (χ4n) is 3.22. The van der Waals surface area contributed by atoms with E-state index in [1.165, 1.54) is 6.20 Å². The highest BCUT2D eigenvalue weighted by Crippen LogP contribution is 2.21. The lowest BCUT2D eigenvalue weighted by molar-refractivity contribution is -0.130. The number of carbonyl (C=O) groups is 3. The van der Waals surface area contributed by atoms with Crippen LogP contribution in [0, 0.1) is 5.92 Å². The summed E-state index contributed by atoms with van der Waals surface area (Å²) >= 11 is 0. The van der Waals surface area contributed by atoms with Gasteiger partial charge in [0.05, 0.1) is 11.5 Å². The van der Waals surface area contributed by atoms with Crippen LogP contribution in [0.3, 0.4) is 0 Å². The van der Waals surface area contributed by atoms with Crippen LogP contribution in [-0.4, -0.2) is 40.2 Å². The van der Waals surface area contributed by atoms with Gasteiger partial charge in [-0.25, -0.2) is 0 Å². The summed E-state index contributed by atoms with van der Waals surface area (Å²) in [6.07, 6.45) is 3.34. The number of aromatic nitrogens is 1. The minimum absolute atomic E-state index is 0.0132. The third-order valence-corrected chi connectivity index (χ3v) is 4.79. The maximum absolute atomic E-state index is 12.5. The molecule has 1 atom stereocenters. The van der Waals surface area contributed by atoms with Crippen LogP contribution in [0.25, 0.3) is 0 Å². The van der Waals surface area contributed by atoms with Crippen LogP contribution >= 0.6 is 0 Å². The maximum Gasteiger partial charge on any atom is 0.257 e. The molecule has 0 spiro atoms. The zero-order valence-corrected chi connectivity index (χ0v) is 16.0. The van der Waals surface area contributed by atoms with Crippen molar-refractivity contribution in [3.8, 4) is 0 Å². The van der Waals surface area contributed by atoms with Crippen molar-refractivity contribution >= 4 is 23.4 Å². The van der Waals surface area contributed by atoms with E-state index < -0.39 is 0 Å². The third-order valence-electron chi connectivity index (χ3n) is 4.79. The molecule has 1 aliphatic heterocycles. The largest absolute Gasteiger partial charge is 0.352 e. The number of hydrogen-bond acceptors (Lipinski definition) is 4. The van der Waals surface area contributed by atoms with Crippen LogP contribution in [-0.2, 0) is 16.1 Å². The Morgan fingerprint density at radius 3 is 2.68 bits per heavy atom. The average Bonchev–Trinajstić information content (AvgIpc) is 3.10. The number of rotatable bonds is 6. The van der Waals surface area contributed by atoms with E-state index in [9.17, 15) is 14.4 Å². The van der Waals surface area contributed by atoms with Gasteiger partial charge in [0.2, 0.25) is 11.8 Å². The first kappa shape index (κ1) is 19.5. The maximum atomic E-state index is 12.5. The number of benzene rings is 1. The number of para-hydroxylation sites is 1. The number of nitrogens with zero attached hydrogens (tertiary/aromatic N) is 2. The van der Waals surface area contributed by atoms with Crippen molar-refractivity contribution in [2.45, 2.75) is 32.9 Å². The molecule has 2 heterocycles. The van der Waals surface area contributed by atoms with E-state index in [1.54, 1.807) is 29.3 Å². The quantitative estimate of drug-likeness (QED) is 0.804. The monoisotopic (exact) mass is 380 g/mol. The predicted octanol–water partition coefficient (Wildman–Crippen LogP) is 2.21. The summed E-state index contributed by atoms with van der Waals surface area (Å²) in [4.78, 5) is 42.6. The van der Waals surface area contributed by atoms with E-state index in [-0.39, 0.29) is 42.6 Å². The summed E-state index contributed by atoms with van der Waals surface area (Å²) in [6, 6.07) is 10.8. The Morgan fingerprint density at radius 1 is 1.21 bits per heavy atom. The van der Waals surface area contributed by atoms with Crippen LogP contribution in [0.2, 0.25) is 0 Å². The van der Waals surface area contributed by atoms with Crippen LogP contribution in [0.15, 0.2) is 48.8 Å². The summed E-state index contributed by atoms with van der Waals surface area (Å²) in [5.41, 5.74) is 1.88. The van der Waals surface area contributed by atoms with Crippen molar-refractivity contribution in [1.82, 2.24) is 15.2 Å². The molecule has 146 valence electrons. The first-order chi connectivity index (χ1) is 13.5. The van der Waals surface area contributed by atoms with Crippen LogP contribution in [0.5, 0.6) is 0 Å². The Hall–Kier alpha value is -3.22. The SMILES string of the molecule is CC(C)N1CC(C(=O)NCc2ccccc2NC(=O)c2cccnc2)CC1=O. The van der Waals surface area contributed by atoms with Gasteiger partial charge >= 0.3 is 0 Å². The van der Waals surface area contributed by atoms with Gasteiger partial charge in [-0.3, -0.25) is 19.4 Å². The number of carbonyl (C=O) groups excluding carboxylic acids is 3. The Labute approximate surface area is 164 Å². The van der Waals surface area contributed by atoms with E-state index >= 15 is 0 Å². The van der Waals surface area contributed by atoms with Crippen molar-refractivity contribution in [3.63, 3.8) is 0 Å². The van der Waals surface area contributed by atoms with Crippen molar-refractivity contribution in [3.05, 3.63) is 59.9 Å². The number of amides is 3. The predicted molar refractivity (Wildman–Crippen MR) is 105 cm³/mol. The van der Waals surface area contributed by atoms with E-state index in [0.29, 0.717) is 17.8 Å². The molecule has 1 aromatic carbocycles. The second kappa shape index (κ2) is 8.65. The van der Waals surface area contributed by atoms with Crippen molar-refractivity contribution < 1.29 is 14.4 Å². The normalized spacial score (nSPS) is 16.3. The minimum Gasteiger partial charge on any atom is -0.352 e. The molecule has 2 aromatic rings. The highest BCUT2D eigenvalue weighted by atomic mass is 16.2. The van der Waals surface area contributed by atoms with E-state index in [4.69, 9.17) is 0 Å². The van der Waals surface area contributed by atoms with Crippen molar-refractivity contribution in [1.29, 1.82) is 0 Å². The molecule has 0 aliphatic carbocycles. The summed E-state index contributed by atoms with van der Waals surface area (Å²) in [7, 11) is 0. The van der Waals surface area contributed by atoms with E-state index in [2.05, 4.69) is 15.6 Å². The number of pyridine rings is 1. The molecule has 1 unspecified atom stereocenters. The molecule has 2 N–H and O–H groups in total. The van der Waals surface area contributed by atoms with Gasteiger partial charge < -0.3 is 15.5 Å². The highest BCUT2D eigenvalue weighted by molar-refractivity contribution is 6.04. The third kappa shape index (κ3) is 4.54. The summed E-state index contributed by atoms with van der Waals surface area (Å²) < 4.78 is 0. The smallest absolute Gasteiger partial charge is 0.257 e. The lowest BCUT2D eigenvalue weighted by Crippen LogP contribution is -2.35. The molecular weight excluding hydrogens is 356 g/mol. The molecule has 0 radical (unpaired) electrons. The van der Waals surface area contributed by atoms with Crippen LogP contribution < -0.4 is 10.6 Å². The highest BCUT2D eigenvalue weighted by Gasteiger charge is 2.35. The number of nitrogens with one attached hydrogen (secondary N) is 2. The van der Waals surface area contributed by atoms with Crippen molar-refractivity contribution in [2.75, 3.05) is 11.9 Å². The van der Waals surface area contributed by atoms with Gasteiger partial charge in [-0.05, 0) is 37.6 Å².